The van der Waals surface area contributed by atoms with E-state index < -0.39 is 21.9 Å². The van der Waals surface area contributed by atoms with Gasteiger partial charge in [0.2, 0.25) is 0 Å². The molecule has 1 heterocycles. The van der Waals surface area contributed by atoms with Crippen LogP contribution in [-0.2, 0) is 21.4 Å². The molecule has 0 saturated heterocycles. The highest BCUT2D eigenvalue weighted by molar-refractivity contribution is 7.93. The highest BCUT2D eigenvalue weighted by atomic mass is 32.2. The number of sulfonamides is 1. The van der Waals surface area contributed by atoms with Crippen molar-refractivity contribution >= 4 is 49.4 Å². The maximum Gasteiger partial charge on any atom is 0.338 e. The third kappa shape index (κ3) is 5.48. The zero-order chi connectivity index (χ0) is 30.0. The normalized spacial score (nSPS) is 11.4. The van der Waals surface area contributed by atoms with Crippen LogP contribution in [0.2, 0.25) is 0 Å². The Bertz CT molecular complexity index is 2020. The first-order valence-corrected chi connectivity index (χ1v) is 15.0. The molecule has 0 aliphatic heterocycles. The highest BCUT2D eigenvalue weighted by Crippen LogP contribution is 2.32. The summed E-state index contributed by atoms with van der Waals surface area (Å²) in [6, 6.07) is 35.6. The maximum absolute atomic E-state index is 14.6. The number of aromatic nitrogens is 1. The Morgan fingerprint density at radius 2 is 1.26 bits per heavy atom. The molecule has 8 heteroatoms. The van der Waals surface area contributed by atoms with Crippen LogP contribution in [0.1, 0.15) is 31.8 Å². The lowest BCUT2D eigenvalue weighted by Crippen LogP contribution is -2.37. The number of para-hydroxylation sites is 2. The quantitative estimate of drug-likeness (QED) is 0.146. The number of esters is 1. The summed E-state index contributed by atoms with van der Waals surface area (Å²) in [5.74, 6) is -1.31. The zero-order valence-electron chi connectivity index (χ0n) is 23.2. The zero-order valence-corrected chi connectivity index (χ0v) is 24.0. The van der Waals surface area contributed by atoms with Gasteiger partial charge in [-0.2, -0.15) is 4.31 Å². The van der Waals surface area contributed by atoms with Crippen molar-refractivity contribution in [3.05, 3.63) is 150 Å². The van der Waals surface area contributed by atoms with Crippen LogP contribution in [0.15, 0.2) is 132 Å². The van der Waals surface area contributed by atoms with Gasteiger partial charge < -0.3 is 4.74 Å². The van der Waals surface area contributed by atoms with Gasteiger partial charge in [0.25, 0.3) is 15.9 Å². The molecule has 212 valence electrons. The molecular formula is C35H26N2O5S. The molecule has 0 unspecified atom stereocenters. The van der Waals surface area contributed by atoms with E-state index in [4.69, 9.17) is 4.74 Å². The molecule has 6 rings (SSSR count). The first-order valence-electron chi connectivity index (χ1n) is 13.6. The lowest BCUT2D eigenvalue weighted by Gasteiger charge is -2.24. The SMILES string of the molecule is Cc1ccc(S(=O)(=O)N(C(=O)c2c3ccccc3nc3ccccc23)c2ccc(C(=O)OCc3ccccc3)cc2)cc1. The van der Waals surface area contributed by atoms with Crippen LogP contribution in [0.4, 0.5) is 5.69 Å². The molecule has 43 heavy (non-hydrogen) atoms. The largest absolute Gasteiger partial charge is 0.457 e. The minimum Gasteiger partial charge on any atom is -0.457 e. The van der Waals surface area contributed by atoms with E-state index in [9.17, 15) is 18.0 Å². The molecular weight excluding hydrogens is 560 g/mol. The third-order valence-electron chi connectivity index (χ3n) is 7.10. The smallest absolute Gasteiger partial charge is 0.338 e. The van der Waals surface area contributed by atoms with Gasteiger partial charge in [0.1, 0.15) is 6.61 Å². The number of aryl methyl sites for hydroxylation is 1. The second-order valence-electron chi connectivity index (χ2n) is 10.0. The van der Waals surface area contributed by atoms with Crippen LogP contribution >= 0.6 is 0 Å². The van der Waals surface area contributed by atoms with Crippen molar-refractivity contribution in [3.8, 4) is 0 Å². The Labute approximate surface area is 249 Å². The molecule has 0 N–H and O–H groups in total. The Morgan fingerprint density at radius 3 is 1.86 bits per heavy atom. The van der Waals surface area contributed by atoms with Gasteiger partial charge in [0.15, 0.2) is 0 Å². The number of rotatable bonds is 7. The van der Waals surface area contributed by atoms with Gasteiger partial charge in [0.05, 0.1) is 32.7 Å². The van der Waals surface area contributed by atoms with Crippen molar-refractivity contribution < 1.29 is 22.7 Å². The second kappa shape index (κ2) is 11.5. The monoisotopic (exact) mass is 586 g/mol. The van der Waals surface area contributed by atoms with E-state index in [0.29, 0.717) is 21.8 Å². The predicted octanol–water partition coefficient (Wildman–Crippen LogP) is 7.09. The van der Waals surface area contributed by atoms with Gasteiger partial charge in [-0.15, -0.1) is 0 Å². The number of nitrogens with zero attached hydrogens (tertiary/aromatic N) is 2. The van der Waals surface area contributed by atoms with Gasteiger partial charge in [0, 0.05) is 10.8 Å². The van der Waals surface area contributed by atoms with E-state index in [2.05, 4.69) is 4.98 Å². The van der Waals surface area contributed by atoms with Crippen LogP contribution in [-0.4, -0.2) is 25.3 Å². The summed E-state index contributed by atoms with van der Waals surface area (Å²) in [5.41, 5.74) is 3.35. The number of benzene rings is 5. The molecule has 0 bridgehead atoms. The van der Waals surface area contributed by atoms with E-state index in [1.807, 2.05) is 49.4 Å². The Kier molecular flexibility index (Phi) is 7.44. The van der Waals surface area contributed by atoms with Crippen LogP contribution in [0, 0.1) is 6.92 Å². The molecule has 7 nitrogen and oxygen atoms in total. The fourth-order valence-electron chi connectivity index (χ4n) is 4.89. The van der Waals surface area contributed by atoms with Crippen molar-refractivity contribution in [2.75, 3.05) is 4.31 Å². The summed E-state index contributed by atoms with van der Waals surface area (Å²) in [6.45, 7) is 1.94. The summed E-state index contributed by atoms with van der Waals surface area (Å²) >= 11 is 0. The van der Waals surface area contributed by atoms with Crippen LogP contribution in [0.3, 0.4) is 0 Å². The summed E-state index contributed by atoms with van der Waals surface area (Å²) in [6.07, 6.45) is 0. The summed E-state index contributed by atoms with van der Waals surface area (Å²) in [4.78, 5) is 32.0. The van der Waals surface area contributed by atoms with E-state index >= 15 is 0 Å². The number of hydrogen-bond donors (Lipinski definition) is 0. The topological polar surface area (TPSA) is 93.6 Å². The van der Waals surface area contributed by atoms with E-state index in [0.717, 1.165) is 15.4 Å². The maximum atomic E-state index is 14.6. The number of amides is 1. The first-order chi connectivity index (χ1) is 20.8. The summed E-state index contributed by atoms with van der Waals surface area (Å²) < 4.78 is 34.6. The van der Waals surface area contributed by atoms with Crippen LogP contribution < -0.4 is 4.31 Å². The minimum atomic E-state index is -4.39. The summed E-state index contributed by atoms with van der Waals surface area (Å²) in [7, 11) is -4.39. The molecule has 1 amide bonds. The molecule has 0 spiro atoms. The van der Waals surface area contributed by atoms with Crippen molar-refractivity contribution in [1.29, 1.82) is 0 Å². The number of hydrogen-bond acceptors (Lipinski definition) is 6. The fraction of sp³-hybridized carbons (Fsp3) is 0.0571. The van der Waals surface area contributed by atoms with E-state index in [-0.39, 0.29) is 28.3 Å². The van der Waals surface area contributed by atoms with Gasteiger partial charge >= 0.3 is 5.97 Å². The molecule has 6 aromatic rings. The van der Waals surface area contributed by atoms with Crippen molar-refractivity contribution in [2.45, 2.75) is 18.4 Å². The Balaban J connectivity index is 1.45. The molecule has 0 saturated carbocycles. The number of carbonyl (C=O) groups is 2. The molecule has 1 aromatic heterocycles. The lowest BCUT2D eigenvalue weighted by molar-refractivity contribution is 0.0472. The number of carbonyl (C=O) groups excluding carboxylic acids is 2. The molecule has 0 fully saturated rings. The summed E-state index contributed by atoms with van der Waals surface area (Å²) in [5, 5.41) is 1.05. The first kappa shape index (κ1) is 27.8. The fourth-order valence-corrected chi connectivity index (χ4v) is 6.29. The molecule has 0 radical (unpaired) electrons. The standard InChI is InChI=1S/C35H26N2O5S/c1-24-15-21-28(22-16-24)43(40,41)37(27-19-17-26(18-20-27)35(39)42-23-25-9-3-2-4-10-25)34(38)33-29-11-5-7-13-31(29)36-32-14-8-6-12-30(32)33/h2-22H,23H2,1H3. The van der Waals surface area contributed by atoms with Gasteiger partial charge in [-0.1, -0.05) is 84.4 Å². The van der Waals surface area contributed by atoms with Crippen LogP contribution in [0.5, 0.6) is 0 Å². The number of ether oxygens (including phenoxy) is 1. The van der Waals surface area contributed by atoms with E-state index in [1.165, 1.54) is 36.4 Å². The predicted molar refractivity (Wildman–Crippen MR) is 166 cm³/mol. The molecule has 0 atom stereocenters. The highest BCUT2D eigenvalue weighted by Gasteiger charge is 2.34. The Hall–Kier alpha value is -5.34. The molecule has 0 aliphatic rings. The second-order valence-corrected chi connectivity index (χ2v) is 11.8. The van der Waals surface area contributed by atoms with Gasteiger partial charge in [-0.05, 0) is 61.0 Å². The number of fused-ring (bicyclic) bond motifs is 2. The van der Waals surface area contributed by atoms with Crippen molar-refractivity contribution in [1.82, 2.24) is 4.98 Å². The third-order valence-corrected chi connectivity index (χ3v) is 8.82. The van der Waals surface area contributed by atoms with Gasteiger partial charge in [-0.3, -0.25) is 4.79 Å². The van der Waals surface area contributed by atoms with Gasteiger partial charge in [-0.25, -0.2) is 18.2 Å². The minimum absolute atomic E-state index is 0.0412. The molecule has 0 aliphatic carbocycles. The lowest BCUT2D eigenvalue weighted by atomic mass is 10.0. The Morgan fingerprint density at radius 1 is 0.698 bits per heavy atom. The average molecular weight is 587 g/mol. The number of anilines is 1. The number of pyridine rings is 1. The van der Waals surface area contributed by atoms with Crippen molar-refractivity contribution in [3.63, 3.8) is 0 Å². The average Bonchev–Trinajstić information content (AvgIpc) is 3.03. The van der Waals surface area contributed by atoms with Crippen molar-refractivity contribution in [2.24, 2.45) is 0 Å². The molecule has 5 aromatic carbocycles. The van der Waals surface area contributed by atoms with E-state index in [1.54, 1.807) is 48.5 Å². The van der Waals surface area contributed by atoms with Crippen LogP contribution in [0.25, 0.3) is 21.8 Å².